The van der Waals surface area contributed by atoms with E-state index in [0.717, 1.165) is 17.3 Å². The molecule has 5 nitrogen and oxygen atoms in total. The highest BCUT2D eigenvalue weighted by Gasteiger charge is 2.30. The minimum absolute atomic E-state index is 0.102. The lowest BCUT2D eigenvalue weighted by molar-refractivity contribution is -0.125. The lowest BCUT2D eigenvalue weighted by atomic mass is 10.1. The van der Waals surface area contributed by atoms with E-state index in [4.69, 9.17) is 0 Å². The lowest BCUT2D eigenvalue weighted by Gasteiger charge is -2.15. The molecule has 1 aliphatic carbocycles. The number of rotatable bonds is 5. The third-order valence-corrected chi connectivity index (χ3v) is 4.92. The van der Waals surface area contributed by atoms with E-state index in [9.17, 15) is 14.4 Å². The molecule has 1 saturated carbocycles. The van der Waals surface area contributed by atoms with Gasteiger partial charge >= 0.3 is 0 Å². The Hall–Kier alpha value is -1.82. The van der Waals surface area contributed by atoms with Gasteiger partial charge in [0.25, 0.3) is 11.1 Å². The fourth-order valence-corrected chi connectivity index (χ4v) is 3.26. The maximum atomic E-state index is 12.2. The van der Waals surface area contributed by atoms with Crippen LogP contribution in [0, 0.1) is 5.92 Å². The molecule has 22 heavy (non-hydrogen) atoms. The van der Waals surface area contributed by atoms with Crippen LogP contribution in [0.2, 0.25) is 0 Å². The molecule has 0 aromatic heterocycles. The second-order valence-corrected chi connectivity index (χ2v) is 6.76. The summed E-state index contributed by atoms with van der Waals surface area (Å²) >= 11 is 1.02. The van der Waals surface area contributed by atoms with Gasteiger partial charge < -0.3 is 5.32 Å². The molecule has 1 heterocycles. The van der Waals surface area contributed by atoms with Crippen molar-refractivity contribution in [3.05, 3.63) is 35.4 Å². The van der Waals surface area contributed by atoms with Gasteiger partial charge in [-0.15, -0.1) is 0 Å². The zero-order valence-electron chi connectivity index (χ0n) is 12.4. The number of carbonyl (C=O) groups is 3. The van der Waals surface area contributed by atoms with Crippen LogP contribution in [0.4, 0.5) is 4.79 Å². The van der Waals surface area contributed by atoms with Crippen LogP contribution < -0.4 is 5.32 Å². The molecule has 2 aliphatic rings. The summed E-state index contributed by atoms with van der Waals surface area (Å²) < 4.78 is 0. The molecule has 1 saturated heterocycles. The van der Waals surface area contributed by atoms with Crippen LogP contribution in [0.25, 0.3) is 0 Å². The third kappa shape index (κ3) is 3.32. The van der Waals surface area contributed by atoms with Crippen LogP contribution in [0.5, 0.6) is 0 Å². The molecule has 6 heteroatoms. The highest BCUT2D eigenvalue weighted by molar-refractivity contribution is 8.14. The van der Waals surface area contributed by atoms with E-state index < -0.39 is 0 Å². The van der Waals surface area contributed by atoms with Crippen LogP contribution in [-0.2, 0) is 11.3 Å². The molecule has 1 aliphatic heterocycles. The maximum absolute atomic E-state index is 12.2. The van der Waals surface area contributed by atoms with E-state index in [1.165, 1.54) is 17.7 Å². The highest BCUT2D eigenvalue weighted by atomic mass is 32.2. The normalized spacial score (nSPS) is 19.4. The summed E-state index contributed by atoms with van der Waals surface area (Å²) in [6.07, 6.45) is 2.36. The van der Waals surface area contributed by atoms with Gasteiger partial charge in [-0.25, -0.2) is 0 Å². The van der Waals surface area contributed by atoms with Gasteiger partial charge in [-0.2, -0.15) is 0 Å². The number of nitrogens with one attached hydrogen (secondary N) is 1. The maximum Gasteiger partial charge on any atom is 0.289 e. The van der Waals surface area contributed by atoms with Crippen molar-refractivity contribution < 1.29 is 14.4 Å². The Morgan fingerprint density at radius 3 is 2.82 bits per heavy atom. The zero-order chi connectivity index (χ0) is 15.7. The molecular formula is C16H18N2O3S. The summed E-state index contributed by atoms with van der Waals surface area (Å²) in [5, 5.41) is 2.79. The first-order chi connectivity index (χ1) is 10.5. The topological polar surface area (TPSA) is 66.5 Å². The van der Waals surface area contributed by atoms with E-state index >= 15 is 0 Å². The SMILES string of the molecule is CC(NC(=O)c1cccc(CN2C(=O)CSC2=O)c1)C1CC1. The van der Waals surface area contributed by atoms with Crippen molar-refractivity contribution in [2.45, 2.75) is 32.4 Å². The van der Waals surface area contributed by atoms with Crippen LogP contribution >= 0.6 is 11.8 Å². The van der Waals surface area contributed by atoms with Crippen molar-refractivity contribution in [1.82, 2.24) is 10.2 Å². The molecule has 0 spiro atoms. The average Bonchev–Trinajstić information content (AvgIpc) is 3.30. The van der Waals surface area contributed by atoms with Crippen molar-refractivity contribution in [3.63, 3.8) is 0 Å². The quantitative estimate of drug-likeness (QED) is 0.905. The van der Waals surface area contributed by atoms with Crippen molar-refractivity contribution in [2.75, 3.05) is 5.75 Å². The molecule has 116 valence electrons. The van der Waals surface area contributed by atoms with Gasteiger partial charge in [-0.05, 0) is 43.4 Å². The summed E-state index contributed by atoms with van der Waals surface area (Å²) in [4.78, 5) is 36.7. The van der Waals surface area contributed by atoms with E-state index in [1.54, 1.807) is 18.2 Å². The summed E-state index contributed by atoms with van der Waals surface area (Å²) in [7, 11) is 0. The van der Waals surface area contributed by atoms with E-state index in [2.05, 4.69) is 5.32 Å². The summed E-state index contributed by atoms with van der Waals surface area (Å²) in [6.45, 7) is 2.25. The molecule has 1 aromatic carbocycles. The van der Waals surface area contributed by atoms with Crippen molar-refractivity contribution in [1.29, 1.82) is 0 Å². The van der Waals surface area contributed by atoms with Gasteiger partial charge in [-0.3, -0.25) is 19.3 Å². The van der Waals surface area contributed by atoms with Gasteiger partial charge in [0.05, 0.1) is 12.3 Å². The summed E-state index contributed by atoms with van der Waals surface area (Å²) in [5.41, 5.74) is 1.35. The van der Waals surface area contributed by atoms with Gasteiger partial charge in [0, 0.05) is 11.6 Å². The minimum Gasteiger partial charge on any atom is -0.349 e. The van der Waals surface area contributed by atoms with Crippen molar-refractivity contribution in [3.8, 4) is 0 Å². The largest absolute Gasteiger partial charge is 0.349 e. The number of benzene rings is 1. The van der Waals surface area contributed by atoms with Gasteiger partial charge in [0.15, 0.2) is 0 Å². The Bertz CT molecular complexity index is 612. The summed E-state index contributed by atoms with van der Waals surface area (Å²) in [6, 6.07) is 7.29. The Labute approximate surface area is 133 Å². The van der Waals surface area contributed by atoms with Crippen molar-refractivity contribution in [2.24, 2.45) is 5.92 Å². The van der Waals surface area contributed by atoms with Crippen molar-refractivity contribution >= 4 is 28.8 Å². The molecule has 3 amide bonds. The Morgan fingerprint density at radius 2 is 2.18 bits per heavy atom. The average molecular weight is 318 g/mol. The van der Waals surface area contributed by atoms with E-state index in [0.29, 0.717) is 11.5 Å². The molecule has 1 aromatic rings. The second-order valence-electron chi connectivity index (χ2n) is 5.83. The molecule has 1 atom stereocenters. The van der Waals surface area contributed by atoms with Crippen LogP contribution in [-0.4, -0.2) is 33.7 Å². The third-order valence-electron chi connectivity index (χ3n) is 4.06. The number of nitrogens with zero attached hydrogens (tertiary/aromatic N) is 1. The van der Waals surface area contributed by atoms with E-state index in [-0.39, 0.29) is 35.4 Å². The predicted octanol–water partition coefficient (Wildman–Crippen LogP) is 2.41. The van der Waals surface area contributed by atoms with E-state index in [1.807, 2.05) is 13.0 Å². The fourth-order valence-electron chi connectivity index (χ4n) is 2.53. The van der Waals surface area contributed by atoms with Crippen LogP contribution in [0.15, 0.2) is 24.3 Å². The van der Waals surface area contributed by atoms with Gasteiger partial charge in [0.1, 0.15) is 0 Å². The lowest BCUT2D eigenvalue weighted by Crippen LogP contribution is -2.34. The van der Waals surface area contributed by atoms with Gasteiger partial charge in [0.2, 0.25) is 5.91 Å². The standard InChI is InChI=1S/C16H18N2O3S/c1-10(12-5-6-12)17-15(20)13-4-2-3-11(7-13)8-18-14(19)9-22-16(18)21/h2-4,7,10,12H,5-6,8-9H2,1H3,(H,17,20). The first kappa shape index (κ1) is 15.1. The first-order valence-corrected chi connectivity index (χ1v) is 8.40. The Morgan fingerprint density at radius 1 is 1.41 bits per heavy atom. The van der Waals surface area contributed by atoms with Crippen LogP contribution in [0.1, 0.15) is 35.7 Å². The molecule has 1 unspecified atom stereocenters. The number of carbonyl (C=O) groups excluding carboxylic acids is 3. The molecule has 2 fully saturated rings. The predicted molar refractivity (Wildman–Crippen MR) is 84.5 cm³/mol. The molecule has 3 rings (SSSR count). The minimum atomic E-state index is -0.220. The second kappa shape index (κ2) is 6.12. The number of hydrogen-bond acceptors (Lipinski definition) is 4. The Balaban J connectivity index is 1.67. The molecular weight excluding hydrogens is 300 g/mol. The monoisotopic (exact) mass is 318 g/mol. The zero-order valence-corrected chi connectivity index (χ0v) is 13.2. The molecule has 0 bridgehead atoms. The molecule has 0 radical (unpaired) electrons. The fraction of sp³-hybridized carbons (Fsp3) is 0.438. The number of thioether (sulfide) groups is 1. The van der Waals surface area contributed by atoms with Gasteiger partial charge in [-0.1, -0.05) is 23.9 Å². The molecule has 1 N–H and O–H groups in total. The first-order valence-electron chi connectivity index (χ1n) is 7.41. The smallest absolute Gasteiger partial charge is 0.289 e. The van der Waals surface area contributed by atoms with Crippen LogP contribution in [0.3, 0.4) is 0 Å². The Kier molecular flexibility index (Phi) is 4.20. The summed E-state index contributed by atoms with van der Waals surface area (Å²) in [5.74, 6) is 0.531. The number of hydrogen-bond donors (Lipinski definition) is 1. The highest BCUT2D eigenvalue weighted by Crippen LogP contribution is 2.32. The number of amides is 3. The number of imide groups is 1.